The highest BCUT2D eigenvalue weighted by Crippen LogP contribution is 2.24. The van der Waals surface area contributed by atoms with Gasteiger partial charge in [-0.1, -0.05) is 30.3 Å². The smallest absolute Gasteiger partial charge is 0.0357 e. The number of nitrogens with one attached hydrogen (secondary N) is 1. The molecule has 0 bridgehead atoms. The quantitative estimate of drug-likeness (QED) is 0.677. The lowest BCUT2D eigenvalue weighted by Crippen LogP contribution is -2.29. The number of hydrogen-bond donors (Lipinski definition) is 1. The van der Waals surface area contributed by atoms with Crippen molar-refractivity contribution >= 4 is 0 Å². The van der Waals surface area contributed by atoms with E-state index in [0.29, 0.717) is 6.04 Å². The van der Waals surface area contributed by atoms with Gasteiger partial charge >= 0.3 is 0 Å². The van der Waals surface area contributed by atoms with Crippen LogP contribution in [0.15, 0.2) is 36.9 Å². The number of benzene rings is 1. The number of fused-ring (bicyclic) bond motifs is 1. The molecule has 2 rings (SSSR count). The Morgan fingerprint density at radius 1 is 1.46 bits per heavy atom. The van der Waals surface area contributed by atoms with Gasteiger partial charge in [0.2, 0.25) is 0 Å². The van der Waals surface area contributed by atoms with Gasteiger partial charge in [-0.25, -0.2) is 0 Å². The molecule has 1 N–H and O–H groups in total. The molecule has 1 aromatic rings. The van der Waals surface area contributed by atoms with E-state index in [1.807, 2.05) is 6.08 Å². The first-order valence-corrected chi connectivity index (χ1v) is 4.84. The molecule has 1 aliphatic heterocycles. The summed E-state index contributed by atoms with van der Waals surface area (Å²) in [6.45, 7) is 4.88. The minimum Gasteiger partial charge on any atom is -0.309 e. The Bertz CT molecular complexity index is 304. The van der Waals surface area contributed by atoms with Crippen molar-refractivity contribution < 1.29 is 0 Å². The van der Waals surface area contributed by atoms with Crippen LogP contribution >= 0.6 is 0 Å². The molecule has 68 valence electrons. The Balaban J connectivity index is 2.31. The van der Waals surface area contributed by atoms with E-state index < -0.39 is 0 Å². The molecule has 0 saturated carbocycles. The third-order valence-electron chi connectivity index (χ3n) is 2.62. The fraction of sp³-hybridized carbons (Fsp3) is 0.333. The van der Waals surface area contributed by atoms with Crippen LogP contribution in [0.1, 0.15) is 23.6 Å². The summed E-state index contributed by atoms with van der Waals surface area (Å²) in [6.07, 6.45) is 4.17. The van der Waals surface area contributed by atoms with Gasteiger partial charge in [0.1, 0.15) is 0 Å². The third-order valence-corrected chi connectivity index (χ3v) is 2.62. The van der Waals surface area contributed by atoms with E-state index in [4.69, 9.17) is 0 Å². The Labute approximate surface area is 79.5 Å². The third kappa shape index (κ3) is 1.65. The van der Waals surface area contributed by atoms with Crippen molar-refractivity contribution in [3.8, 4) is 0 Å². The van der Waals surface area contributed by atoms with Gasteiger partial charge in [-0.2, -0.15) is 0 Å². The number of hydrogen-bond acceptors (Lipinski definition) is 1. The van der Waals surface area contributed by atoms with Crippen LogP contribution in [0.25, 0.3) is 0 Å². The van der Waals surface area contributed by atoms with Gasteiger partial charge in [-0.3, -0.25) is 0 Å². The summed E-state index contributed by atoms with van der Waals surface area (Å²) in [6, 6.07) is 9.17. The van der Waals surface area contributed by atoms with E-state index in [2.05, 4.69) is 36.2 Å². The van der Waals surface area contributed by atoms with Gasteiger partial charge in [-0.05, 0) is 30.5 Å². The molecule has 0 aromatic heterocycles. The zero-order valence-electron chi connectivity index (χ0n) is 7.79. The molecular formula is C12H15N. The first-order valence-electron chi connectivity index (χ1n) is 4.84. The molecule has 0 spiro atoms. The van der Waals surface area contributed by atoms with E-state index >= 15 is 0 Å². The first-order chi connectivity index (χ1) is 6.42. The highest BCUT2D eigenvalue weighted by molar-refractivity contribution is 5.32. The minimum atomic E-state index is 0.488. The Hall–Kier alpha value is -1.08. The standard InChI is InChI=1S/C12H15N/c1-2-5-12-11-7-4-3-6-10(11)8-9-13-12/h2-4,6-7,12-13H,1,5,8-9H2. The van der Waals surface area contributed by atoms with E-state index in [1.165, 1.54) is 11.1 Å². The lowest BCUT2D eigenvalue weighted by Gasteiger charge is -2.25. The molecule has 13 heavy (non-hydrogen) atoms. The van der Waals surface area contributed by atoms with Gasteiger partial charge in [0.15, 0.2) is 0 Å². The van der Waals surface area contributed by atoms with Crippen LogP contribution in [0, 0.1) is 0 Å². The van der Waals surface area contributed by atoms with Gasteiger partial charge in [0.05, 0.1) is 0 Å². The molecule has 1 aliphatic rings. The lowest BCUT2D eigenvalue weighted by atomic mass is 9.93. The summed E-state index contributed by atoms with van der Waals surface area (Å²) in [4.78, 5) is 0. The van der Waals surface area contributed by atoms with Crippen LogP contribution in [-0.2, 0) is 6.42 Å². The van der Waals surface area contributed by atoms with Crippen molar-refractivity contribution in [1.82, 2.24) is 5.32 Å². The predicted molar refractivity (Wildman–Crippen MR) is 55.7 cm³/mol. The highest BCUT2D eigenvalue weighted by Gasteiger charge is 2.16. The Morgan fingerprint density at radius 2 is 2.31 bits per heavy atom. The molecule has 1 aromatic carbocycles. The monoisotopic (exact) mass is 173 g/mol. The second-order valence-corrected chi connectivity index (χ2v) is 3.48. The summed E-state index contributed by atoms with van der Waals surface area (Å²) < 4.78 is 0. The van der Waals surface area contributed by atoms with Crippen LogP contribution in [0.2, 0.25) is 0 Å². The fourth-order valence-corrected chi connectivity index (χ4v) is 1.97. The van der Waals surface area contributed by atoms with Crippen LogP contribution in [-0.4, -0.2) is 6.54 Å². The maximum Gasteiger partial charge on any atom is 0.0357 e. The molecule has 1 heteroatoms. The van der Waals surface area contributed by atoms with Crippen molar-refractivity contribution in [2.45, 2.75) is 18.9 Å². The zero-order chi connectivity index (χ0) is 9.10. The van der Waals surface area contributed by atoms with Crippen molar-refractivity contribution in [3.63, 3.8) is 0 Å². The average molecular weight is 173 g/mol. The topological polar surface area (TPSA) is 12.0 Å². The molecule has 1 unspecified atom stereocenters. The second-order valence-electron chi connectivity index (χ2n) is 3.48. The van der Waals surface area contributed by atoms with Crippen molar-refractivity contribution in [3.05, 3.63) is 48.0 Å². The molecule has 1 heterocycles. The van der Waals surface area contributed by atoms with Crippen molar-refractivity contribution in [1.29, 1.82) is 0 Å². The second kappa shape index (κ2) is 3.75. The maximum absolute atomic E-state index is 3.79. The normalized spacial score (nSPS) is 20.8. The van der Waals surface area contributed by atoms with Gasteiger partial charge in [0.25, 0.3) is 0 Å². The first kappa shape index (κ1) is 8.52. The summed E-state index contributed by atoms with van der Waals surface area (Å²) in [7, 11) is 0. The van der Waals surface area contributed by atoms with Gasteiger partial charge in [-0.15, -0.1) is 6.58 Å². The highest BCUT2D eigenvalue weighted by atomic mass is 14.9. The summed E-state index contributed by atoms with van der Waals surface area (Å²) >= 11 is 0. The molecule has 0 amide bonds. The minimum absolute atomic E-state index is 0.488. The van der Waals surface area contributed by atoms with Crippen LogP contribution < -0.4 is 5.32 Å². The predicted octanol–water partition coefficient (Wildman–Crippen LogP) is 2.45. The van der Waals surface area contributed by atoms with E-state index in [1.54, 1.807) is 0 Å². The van der Waals surface area contributed by atoms with Crippen LogP contribution in [0.5, 0.6) is 0 Å². The lowest BCUT2D eigenvalue weighted by molar-refractivity contribution is 0.510. The molecule has 1 nitrogen and oxygen atoms in total. The Kier molecular flexibility index (Phi) is 2.46. The average Bonchev–Trinajstić information content (AvgIpc) is 2.19. The molecular weight excluding hydrogens is 158 g/mol. The zero-order valence-corrected chi connectivity index (χ0v) is 7.79. The fourth-order valence-electron chi connectivity index (χ4n) is 1.97. The molecule has 0 aliphatic carbocycles. The summed E-state index contributed by atoms with van der Waals surface area (Å²) in [5, 5.41) is 3.50. The van der Waals surface area contributed by atoms with Crippen LogP contribution in [0.4, 0.5) is 0 Å². The van der Waals surface area contributed by atoms with Crippen molar-refractivity contribution in [2.24, 2.45) is 0 Å². The van der Waals surface area contributed by atoms with Gasteiger partial charge < -0.3 is 5.32 Å². The maximum atomic E-state index is 3.79. The molecule has 0 fully saturated rings. The SMILES string of the molecule is C=CCC1NCCc2ccccc21. The van der Waals surface area contributed by atoms with Crippen LogP contribution in [0.3, 0.4) is 0 Å². The molecule has 1 atom stereocenters. The summed E-state index contributed by atoms with van der Waals surface area (Å²) in [5.74, 6) is 0. The Morgan fingerprint density at radius 3 is 3.15 bits per heavy atom. The van der Waals surface area contributed by atoms with E-state index in [-0.39, 0.29) is 0 Å². The largest absolute Gasteiger partial charge is 0.309 e. The molecule has 0 saturated heterocycles. The number of rotatable bonds is 2. The van der Waals surface area contributed by atoms with Crippen molar-refractivity contribution in [2.75, 3.05) is 6.54 Å². The molecule has 0 radical (unpaired) electrons. The van der Waals surface area contributed by atoms with E-state index in [9.17, 15) is 0 Å². The van der Waals surface area contributed by atoms with Gasteiger partial charge in [0, 0.05) is 6.04 Å². The van der Waals surface area contributed by atoms with E-state index in [0.717, 1.165) is 19.4 Å². The summed E-state index contributed by atoms with van der Waals surface area (Å²) in [5.41, 5.74) is 2.95.